The summed E-state index contributed by atoms with van der Waals surface area (Å²) in [6.07, 6.45) is -2.87. The fraction of sp³-hybridized carbons (Fsp3) is 0.556. The molecule has 1 aliphatic rings. The fourth-order valence-electron chi connectivity index (χ4n) is 2.59. The SMILES string of the molecule is CC(C)(Cc1nc(-c2ccc(OC3CCOCC3)cc2)no1)C(F)(F)F. The minimum absolute atomic E-state index is 0.0372. The molecule has 1 aromatic heterocycles. The minimum atomic E-state index is -4.34. The van der Waals surface area contributed by atoms with E-state index in [1.165, 1.54) is 0 Å². The highest BCUT2D eigenvalue weighted by Crippen LogP contribution is 2.40. The van der Waals surface area contributed by atoms with Crippen LogP contribution in [0.15, 0.2) is 28.8 Å². The van der Waals surface area contributed by atoms with Gasteiger partial charge in [0.1, 0.15) is 11.9 Å². The van der Waals surface area contributed by atoms with Crippen LogP contribution in [-0.4, -0.2) is 35.6 Å². The van der Waals surface area contributed by atoms with Crippen LogP contribution in [-0.2, 0) is 11.2 Å². The van der Waals surface area contributed by atoms with Gasteiger partial charge in [-0.15, -0.1) is 0 Å². The van der Waals surface area contributed by atoms with Gasteiger partial charge in [0.15, 0.2) is 0 Å². The maximum Gasteiger partial charge on any atom is 0.394 e. The van der Waals surface area contributed by atoms with Gasteiger partial charge >= 0.3 is 6.18 Å². The second-order valence-electron chi connectivity index (χ2n) is 7.02. The number of halogens is 3. The normalized spacial score (nSPS) is 16.7. The van der Waals surface area contributed by atoms with Crippen molar-refractivity contribution >= 4 is 0 Å². The van der Waals surface area contributed by atoms with E-state index < -0.39 is 11.6 Å². The highest BCUT2D eigenvalue weighted by molar-refractivity contribution is 5.55. The summed E-state index contributed by atoms with van der Waals surface area (Å²) >= 11 is 0. The maximum atomic E-state index is 13.0. The van der Waals surface area contributed by atoms with Gasteiger partial charge < -0.3 is 14.0 Å². The molecule has 0 spiro atoms. The molecule has 3 rings (SSSR count). The van der Waals surface area contributed by atoms with Crippen molar-refractivity contribution in [2.45, 2.75) is 45.4 Å². The van der Waals surface area contributed by atoms with Crippen LogP contribution in [0, 0.1) is 5.41 Å². The lowest BCUT2D eigenvalue weighted by molar-refractivity contribution is -0.212. The summed E-state index contributed by atoms with van der Waals surface area (Å²) in [5.74, 6) is 0.947. The molecule has 142 valence electrons. The van der Waals surface area contributed by atoms with Crippen LogP contribution in [0.4, 0.5) is 13.2 Å². The molecule has 0 saturated carbocycles. The number of rotatable bonds is 5. The van der Waals surface area contributed by atoms with E-state index in [0.29, 0.717) is 18.8 Å². The quantitative estimate of drug-likeness (QED) is 0.780. The second kappa shape index (κ2) is 7.26. The molecule has 5 nitrogen and oxygen atoms in total. The Labute approximate surface area is 149 Å². The molecule has 0 N–H and O–H groups in total. The van der Waals surface area contributed by atoms with Crippen molar-refractivity contribution in [1.82, 2.24) is 10.1 Å². The molecule has 0 aliphatic carbocycles. The first-order valence-corrected chi connectivity index (χ1v) is 8.49. The summed E-state index contributed by atoms with van der Waals surface area (Å²) in [6.45, 7) is 3.62. The van der Waals surface area contributed by atoms with Gasteiger partial charge in [0.25, 0.3) is 0 Å². The van der Waals surface area contributed by atoms with Crippen molar-refractivity contribution in [1.29, 1.82) is 0 Å². The number of ether oxygens (including phenoxy) is 2. The zero-order valence-corrected chi connectivity index (χ0v) is 14.7. The predicted octanol–water partition coefficient (Wildman–Crippen LogP) is 4.43. The molecular formula is C18H21F3N2O3. The number of benzene rings is 1. The van der Waals surface area contributed by atoms with Crippen LogP contribution in [0.25, 0.3) is 11.4 Å². The Hall–Kier alpha value is -2.09. The fourth-order valence-corrected chi connectivity index (χ4v) is 2.59. The maximum absolute atomic E-state index is 13.0. The highest BCUT2D eigenvalue weighted by Gasteiger charge is 2.48. The molecule has 2 aromatic rings. The van der Waals surface area contributed by atoms with E-state index in [1.807, 2.05) is 0 Å². The molecule has 0 bridgehead atoms. The molecule has 2 heterocycles. The van der Waals surface area contributed by atoms with Crippen molar-refractivity contribution in [3.63, 3.8) is 0 Å². The Kier molecular flexibility index (Phi) is 5.22. The zero-order valence-electron chi connectivity index (χ0n) is 14.7. The van der Waals surface area contributed by atoms with E-state index in [1.54, 1.807) is 24.3 Å². The van der Waals surface area contributed by atoms with Crippen LogP contribution in [0.2, 0.25) is 0 Å². The summed E-state index contributed by atoms with van der Waals surface area (Å²) in [4.78, 5) is 4.09. The molecule has 8 heteroatoms. The molecule has 1 aromatic carbocycles. The minimum Gasteiger partial charge on any atom is -0.490 e. The van der Waals surface area contributed by atoms with E-state index in [2.05, 4.69) is 10.1 Å². The topological polar surface area (TPSA) is 57.4 Å². The van der Waals surface area contributed by atoms with Gasteiger partial charge in [0.05, 0.1) is 18.6 Å². The Balaban J connectivity index is 1.65. The van der Waals surface area contributed by atoms with Crippen LogP contribution < -0.4 is 4.74 Å². The van der Waals surface area contributed by atoms with Gasteiger partial charge in [-0.05, 0) is 24.3 Å². The first-order chi connectivity index (χ1) is 12.2. The smallest absolute Gasteiger partial charge is 0.394 e. The highest BCUT2D eigenvalue weighted by atomic mass is 19.4. The van der Waals surface area contributed by atoms with Crippen molar-refractivity contribution in [2.75, 3.05) is 13.2 Å². The summed E-state index contributed by atoms with van der Waals surface area (Å²) in [5.41, 5.74) is -1.28. The van der Waals surface area contributed by atoms with E-state index >= 15 is 0 Å². The summed E-state index contributed by atoms with van der Waals surface area (Å²) < 4.78 is 55.1. The molecule has 0 radical (unpaired) electrons. The van der Waals surface area contributed by atoms with Crippen molar-refractivity contribution in [3.05, 3.63) is 30.2 Å². The van der Waals surface area contributed by atoms with Gasteiger partial charge in [0.2, 0.25) is 11.7 Å². The number of hydrogen-bond donors (Lipinski definition) is 0. The van der Waals surface area contributed by atoms with E-state index in [4.69, 9.17) is 14.0 Å². The average molecular weight is 370 g/mol. The molecular weight excluding hydrogens is 349 g/mol. The van der Waals surface area contributed by atoms with Crippen molar-refractivity contribution in [2.24, 2.45) is 5.41 Å². The third-order valence-electron chi connectivity index (χ3n) is 4.41. The van der Waals surface area contributed by atoms with Gasteiger partial charge in [0, 0.05) is 24.8 Å². The molecule has 26 heavy (non-hydrogen) atoms. The average Bonchev–Trinajstić information content (AvgIpc) is 3.03. The van der Waals surface area contributed by atoms with Crippen LogP contribution in [0.3, 0.4) is 0 Å². The Morgan fingerprint density at radius 2 is 1.77 bits per heavy atom. The Morgan fingerprint density at radius 1 is 1.12 bits per heavy atom. The molecule has 0 atom stereocenters. The van der Waals surface area contributed by atoms with E-state index in [9.17, 15) is 13.2 Å². The Bertz CT molecular complexity index is 720. The van der Waals surface area contributed by atoms with Crippen molar-refractivity contribution < 1.29 is 27.2 Å². The lowest BCUT2D eigenvalue weighted by atomic mass is 9.88. The zero-order chi connectivity index (χ0) is 18.8. The molecule has 0 amide bonds. The number of nitrogens with zero attached hydrogens (tertiary/aromatic N) is 2. The van der Waals surface area contributed by atoms with Gasteiger partial charge in [-0.25, -0.2) is 0 Å². The van der Waals surface area contributed by atoms with Crippen LogP contribution in [0.5, 0.6) is 5.75 Å². The van der Waals surface area contributed by atoms with Gasteiger partial charge in [-0.3, -0.25) is 0 Å². The number of alkyl halides is 3. The molecule has 1 fully saturated rings. The summed E-state index contributed by atoms with van der Waals surface area (Å²) in [6, 6.07) is 7.11. The van der Waals surface area contributed by atoms with Gasteiger partial charge in [-0.2, -0.15) is 18.2 Å². The van der Waals surface area contributed by atoms with Gasteiger partial charge in [-0.1, -0.05) is 19.0 Å². The number of aromatic nitrogens is 2. The summed E-state index contributed by atoms with van der Waals surface area (Å²) in [5, 5.41) is 3.79. The lowest BCUT2D eigenvalue weighted by Crippen LogP contribution is -2.34. The van der Waals surface area contributed by atoms with Crippen LogP contribution in [0.1, 0.15) is 32.6 Å². The van der Waals surface area contributed by atoms with Crippen molar-refractivity contribution in [3.8, 4) is 17.1 Å². The third-order valence-corrected chi connectivity index (χ3v) is 4.41. The monoisotopic (exact) mass is 370 g/mol. The van der Waals surface area contributed by atoms with Crippen LogP contribution >= 0.6 is 0 Å². The van der Waals surface area contributed by atoms with E-state index in [-0.39, 0.29) is 24.2 Å². The molecule has 1 aliphatic heterocycles. The third kappa shape index (κ3) is 4.35. The lowest BCUT2D eigenvalue weighted by Gasteiger charge is -2.25. The standard InChI is InChI=1S/C18H21F3N2O3/c1-17(2,18(19,20)21)11-15-22-16(23-26-15)12-3-5-13(6-4-12)25-14-7-9-24-10-8-14/h3-6,14H,7-11H2,1-2H3. The molecule has 0 unspecified atom stereocenters. The van der Waals surface area contributed by atoms with E-state index in [0.717, 1.165) is 32.4 Å². The largest absolute Gasteiger partial charge is 0.490 e. The first-order valence-electron chi connectivity index (χ1n) is 8.49. The predicted molar refractivity (Wildman–Crippen MR) is 87.7 cm³/mol. The Morgan fingerprint density at radius 3 is 2.38 bits per heavy atom. The first kappa shape index (κ1) is 18.7. The second-order valence-corrected chi connectivity index (χ2v) is 7.02. The summed E-state index contributed by atoms with van der Waals surface area (Å²) in [7, 11) is 0. The molecule has 1 saturated heterocycles. The number of hydrogen-bond acceptors (Lipinski definition) is 5.